The third kappa shape index (κ3) is 6.99. The SMILES string of the molecule is COc1ccc(Cn2cc(-c3nc(C(=O)Nc4cn(C(=O)N(C)C)nc4-c4ccccn4)cs3)cn2)cc1.O=CO. The highest BCUT2D eigenvalue weighted by atomic mass is 32.1. The zero-order valence-corrected chi connectivity index (χ0v) is 23.1. The van der Waals surface area contributed by atoms with E-state index in [4.69, 9.17) is 14.6 Å². The average Bonchev–Trinajstić information content (AvgIpc) is 3.74. The molecule has 0 spiro atoms. The second-order valence-corrected chi connectivity index (χ2v) is 9.46. The monoisotopic (exact) mass is 574 g/mol. The van der Waals surface area contributed by atoms with E-state index in [0.29, 0.717) is 28.6 Å². The van der Waals surface area contributed by atoms with E-state index in [1.54, 1.807) is 51.1 Å². The number of hydrogen-bond acceptors (Lipinski definition) is 9. The molecule has 0 saturated carbocycles. The Hall–Kier alpha value is -5.37. The summed E-state index contributed by atoms with van der Waals surface area (Å²) >= 11 is 1.34. The Morgan fingerprint density at radius 3 is 2.56 bits per heavy atom. The number of carbonyl (C=O) groups excluding carboxylic acids is 2. The summed E-state index contributed by atoms with van der Waals surface area (Å²) in [6.45, 7) is 0.342. The standard InChI is InChI=1S/C26H24N8O3S.CH2O2/c1-32(2)26(36)34-15-21(23(31-34)20-6-4-5-11-27-20)29-24(35)22-16-38-25(30-22)18-12-28-33(14-18)13-17-7-9-19(37-3)10-8-17;2-1-3/h4-12,14-16H,13H2,1-3H3,(H,29,35);1H,(H,2,3). The summed E-state index contributed by atoms with van der Waals surface area (Å²) in [5.41, 5.74) is 3.39. The third-order valence-corrected chi connectivity index (χ3v) is 6.46. The number of pyridine rings is 1. The summed E-state index contributed by atoms with van der Waals surface area (Å²) in [5, 5.41) is 20.9. The summed E-state index contributed by atoms with van der Waals surface area (Å²) in [7, 11) is 4.88. The molecule has 0 unspecified atom stereocenters. The van der Waals surface area contributed by atoms with Crippen LogP contribution in [0.25, 0.3) is 22.0 Å². The molecule has 1 aromatic carbocycles. The number of anilines is 1. The van der Waals surface area contributed by atoms with Gasteiger partial charge in [-0.3, -0.25) is 19.3 Å². The van der Waals surface area contributed by atoms with E-state index in [-0.39, 0.29) is 18.2 Å². The molecule has 2 amide bonds. The fourth-order valence-corrected chi connectivity index (χ4v) is 4.41. The van der Waals surface area contributed by atoms with E-state index in [1.807, 2.05) is 41.2 Å². The Bertz CT molecular complexity index is 1630. The van der Waals surface area contributed by atoms with Gasteiger partial charge in [0.2, 0.25) is 0 Å². The number of ether oxygens (including phenoxy) is 1. The van der Waals surface area contributed by atoms with Crippen LogP contribution in [-0.4, -0.2) is 79.2 Å². The van der Waals surface area contributed by atoms with Gasteiger partial charge in [-0.15, -0.1) is 11.3 Å². The van der Waals surface area contributed by atoms with E-state index in [0.717, 1.165) is 16.9 Å². The predicted molar refractivity (Wildman–Crippen MR) is 152 cm³/mol. The molecular formula is C27H26N8O5S. The molecule has 0 aliphatic heterocycles. The maximum absolute atomic E-state index is 13.1. The number of benzene rings is 1. The number of amides is 2. The van der Waals surface area contributed by atoms with Crippen LogP contribution >= 0.6 is 11.3 Å². The summed E-state index contributed by atoms with van der Waals surface area (Å²) in [6.07, 6.45) is 6.71. The van der Waals surface area contributed by atoms with Crippen LogP contribution in [0.15, 0.2) is 72.6 Å². The van der Waals surface area contributed by atoms with Crippen LogP contribution in [-0.2, 0) is 11.3 Å². The van der Waals surface area contributed by atoms with Crippen molar-refractivity contribution < 1.29 is 24.2 Å². The van der Waals surface area contributed by atoms with Crippen molar-refractivity contribution in [3.05, 3.63) is 83.9 Å². The Kier molecular flexibility index (Phi) is 9.16. The molecule has 41 heavy (non-hydrogen) atoms. The lowest BCUT2D eigenvalue weighted by Crippen LogP contribution is -2.27. The van der Waals surface area contributed by atoms with Crippen LogP contribution in [0.1, 0.15) is 16.1 Å². The van der Waals surface area contributed by atoms with E-state index in [2.05, 4.69) is 25.5 Å². The molecule has 0 aliphatic rings. The fourth-order valence-electron chi connectivity index (χ4n) is 3.64. The predicted octanol–water partition coefficient (Wildman–Crippen LogP) is 3.80. The van der Waals surface area contributed by atoms with Gasteiger partial charge >= 0.3 is 6.03 Å². The second kappa shape index (κ2) is 13.1. The highest BCUT2D eigenvalue weighted by Gasteiger charge is 2.21. The van der Waals surface area contributed by atoms with E-state index < -0.39 is 5.91 Å². The number of aromatic nitrogens is 6. The Morgan fingerprint density at radius 1 is 1.15 bits per heavy atom. The summed E-state index contributed by atoms with van der Waals surface area (Å²) in [6, 6.07) is 12.8. The molecule has 0 aliphatic carbocycles. The number of methoxy groups -OCH3 is 1. The van der Waals surface area contributed by atoms with Crippen LogP contribution < -0.4 is 10.1 Å². The fraction of sp³-hybridized carbons (Fsp3) is 0.148. The molecule has 13 nitrogen and oxygen atoms in total. The number of rotatable bonds is 7. The second-order valence-electron chi connectivity index (χ2n) is 8.60. The highest BCUT2D eigenvalue weighted by molar-refractivity contribution is 7.13. The van der Waals surface area contributed by atoms with Crippen LogP contribution in [0.5, 0.6) is 5.75 Å². The molecule has 5 aromatic rings. The third-order valence-electron chi connectivity index (χ3n) is 5.57. The number of hydrogen-bond donors (Lipinski definition) is 2. The largest absolute Gasteiger partial charge is 0.497 e. The van der Waals surface area contributed by atoms with E-state index in [1.165, 1.54) is 27.1 Å². The number of carboxylic acid groups (broad SMARTS) is 1. The lowest BCUT2D eigenvalue weighted by molar-refractivity contribution is -0.122. The lowest BCUT2D eigenvalue weighted by Gasteiger charge is -2.08. The Morgan fingerprint density at radius 2 is 1.90 bits per heavy atom. The molecule has 4 aromatic heterocycles. The van der Waals surface area contributed by atoms with Gasteiger partial charge in [0.25, 0.3) is 12.4 Å². The van der Waals surface area contributed by atoms with Crippen molar-refractivity contribution in [2.75, 3.05) is 26.5 Å². The zero-order chi connectivity index (χ0) is 29.4. The maximum Gasteiger partial charge on any atom is 0.344 e. The van der Waals surface area contributed by atoms with Crippen LogP contribution in [0.2, 0.25) is 0 Å². The van der Waals surface area contributed by atoms with Gasteiger partial charge in [-0.05, 0) is 29.8 Å². The van der Waals surface area contributed by atoms with Gasteiger partial charge < -0.3 is 20.1 Å². The molecule has 0 radical (unpaired) electrons. The number of thiazole rings is 1. The minimum absolute atomic E-state index is 0.242. The van der Waals surface area contributed by atoms with Crippen LogP contribution in [0, 0.1) is 0 Å². The Labute approximate surface area is 238 Å². The highest BCUT2D eigenvalue weighted by Crippen LogP contribution is 2.27. The van der Waals surface area contributed by atoms with Gasteiger partial charge in [-0.25, -0.2) is 9.78 Å². The minimum atomic E-state index is -0.424. The summed E-state index contributed by atoms with van der Waals surface area (Å²) in [5.74, 6) is 0.374. The quantitative estimate of drug-likeness (QED) is 0.276. The number of carbonyl (C=O) groups is 3. The lowest BCUT2D eigenvalue weighted by atomic mass is 10.2. The van der Waals surface area contributed by atoms with Crippen molar-refractivity contribution in [1.82, 2.24) is 34.4 Å². The first-order chi connectivity index (χ1) is 19.8. The molecule has 14 heteroatoms. The van der Waals surface area contributed by atoms with Crippen molar-refractivity contribution in [3.8, 4) is 27.7 Å². The van der Waals surface area contributed by atoms with Crippen molar-refractivity contribution in [3.63, 3.8) is 0 Å². The topological polar surface area (TPSA) is 157 Å². The first-order valence-electron chi connectivity index (χ1n) is 12.1. The van der Waals surface area contributed by atoms with E-state index in [9.17, 15) is 9.59 Å². The molecular weight excluding hydrogens is 548 g/mol. The maximum atomic E-state index is 13.1. The van der Waals surface area contributed by atoms with Crippen molar-refractivity contribution >= 4 is 35.4 Å². The summed E-state index contributed by atoms with van der Waals surface area (Å²) in [4.78, 5) is 44.1. The smallest absolute Gasteiger partial charge is 0.344 e. The molecule has 0 atom stereocenters. The van der Waals surface area contributed by atoms with Crippen molar-refractivity contribution in [1.29, 1.82) is 0 Å². The van der Waals surface area contributed by atoms with Gasteiger partial charge in [0.15, 0.2) is 0 Å². The minimum Gasteiger partial charge on any atom is -0.497 e. The van der Waals surface area contributed by atoms with Gasteiger partial charge in [-0.2, -0.15) is 14.9 Å². The number of nitrogens with one attached hydrogen (secondary N) is 1. The van der Waals surface area contributed by atoms with Gasteiger partial charge in [0, 0.05) is 37.4 Å². The molecule has 210 valence electrons. The molecule has 0 fully saturated rings. The van der Waals surface area contributed by atoms with Crippen LogP contribution in [0.4, 0.5) is 10.5 Å². The molecule has 5 rings (SSSR count). The van der Waals surface area contributed by atoms with Crippen molar-refractivity contribution in [2.24, 2.45) is 0 Å². The van der Waals surface area contributed by atoms with Gasteiger partial charge in [0.05, 0.1) is 37.4 Å². The molecule has 0 bridgehead atoms. The van der Waals surface area contributed by atoms with Crippen LogP contribution in [0.3, 0.4) is 0 Å². The van der Waals surface area contributed by atoms with Gasteiger partial charge in [-0.1, -0.05) is 18.2 Å². The summed E-state index contributed by atoms with van der Waals surface area (Å²) < 4.78 is 8.19. The molecule has 4 heterocycles. The number of nitrogens with zero attached hydrogens (tertiary/aromatic N) is 7. The first-order valence-corrected chi connectivity index (χ1v) is 12.9. The van der Waals surface area contributed by atoms with E-state index >= 15 is 0 Å². The van der Waals surface area contributed by atoms with Gasteiger partial charge in [0.1, 0.15) is 22.1 Å². The zero-order valence-electron chi connectivity index (χ0n) is 22.3. The molecule has 2 N–H and O–H groups in total. The normalized spacial score (nSPS) is 10.3. The first kappa shape index (κ1) is 28.6. The Balaban J connectivity index is 0.00000124. The average molecular weight is 575 g/mol. The molecule has 0 saturated heterocycles. The van der Waals surface area contributed by atoms with Crippen molar-refractivity contribution in [2.45, 2.75) is 6.54 Å².